The molecule has 3 rings (SSSR count). The van der Waals surface area contributed by atoms with Crippen molar-refractivity contribution >= 4 is 41.3 Å². The van der Waals surface area contributed by atoms with Gasteiger partial charge in [0.05, 0.1) is 13.3 Å². The lowest BCUT2D eigenvalue weighted by molar-refractivity contribution is -0.121. The number of carbonyl (C=O) groups is 1. The number of halogens is 2. The molecule has 0 unspecified atom stereocenters. The average Bonchev–Trinajstić information content (AvgIpc) is 3.12. The Kier molecular flexibility index (Phi) is 7.04. The van der Waals surface area contributed by atoms with E-state index in [1.54, 1.807) is 36.4 Å². The largest absolute Gasteiger partial charge is 0.493 e. The van der Waals surface area contributed by atoms with E-state index in [2.05, 4.69) is 26.1 Å². The number of rotatable bonds is 8. The van der Waals surface area contributed by atoms with Gasteiger partial charge in [-0.2, -0.15) is 5.10 Å². The van der Waals surface area contributed by atoms with Crippen LogP contribution in [0.25, 0.3) is 0 Å². The van der Waals surface area contributed by atoms with Crippen molar-refractivity contribution in [3.63, 3.8) is 0 Å². The molecule has 1 aromatic heterocycles. The summed E-state index contributed by atoms with van der Waals surface area (Å²) in [7, 11) is 1.52. The number of methoxy groups -OCH3 is 1. The molecule has 0 bridgehead atoms. The highest BCUT2D eigenvalue weighted by atomic mass is 35.5. The Balaban J connectivity index is 1.59. The van der Waals surface area contributed by atoms with Crippen molar-refractivity contribution in [2.24, 2.45) is 5.10 Å². The number of aromatic nitrogens is 4. The molecule has 0 saturated heterocycles. The number of anilines is 1. The van der Waals surface area contributed by atoms with Gasteiger partial charge in [0.1, 0.15) is 13.2 Å². The van der Waals surface area contributed by atoms with Gasteiger partial charge in [-0.05, 0) is 46.3 Å². The molecule has 3 N–H and O–H groups in total. The number of nitrogen functional groups attached to an aromatic ring is 1. The molecule has 10 nitrogen and oxygen atoms in total. The normalized spacial score (nSPS) is 10.9. The third kappa shape index (κ3) is 5.58. The molecule has 12 heteroatoms. The Morgan fingerprint density at radius 1 is 1.27 bits per heavy atom. The van der Waals surface area contributed by atoms with E-state index < -0.39 is 5.91 Å². The lowest BCUT2D eigenvalue weighted by atomic mass is 10.2. The molecular formula is C18H17Cl2N7O3. The summed E-state index contributed by atoms with van der Waals surface area (Å²) in [5.41, 5.74) is 9.35. The first-order valence-electron chi connectivity index (χ1n) is 8.54. The monoisotopic (exact) mass is 449 g/mol. The molecular weight excluding hydrogens is 433 g/mol. The molecule has 1 heterocycles. The molecule has 0 aliphatic rings. The Hall–Kier alpha value is -3.37. The highest BCUT2D eigenvalue weighted by Crippen LogP contribution is 2.29. The molecule has 2 aromatic carbocycles. The molecule has 0 aliphatic heterocycles. The van der Waals surface area contributed by atoms with Crippen molar-refractivity contribution < 1.29 is 14.3 Å². The zero-order valence-electron chi connectivity index (χ0n) is 15.7. The predicted molar refractivity (Wildman–Crippen MR) is 112 cm³/mol. The van der Waals surface area contributed by atoms with Gasteiger partial charge in [-0.1, -0.05) is 34.4 Å². The van der Waals surface area contributed by atoms with Crippen LogP contribution in [0, 0.1) is 0 Å². The molecule has 0 saturated carbocycles. The number of tetrazole rings is 1. The smallest absolute Gasteiger partial charge is 0.261 e. The van der Waals surface area contributed by atoms with Crippen LogP contribution in [-0.2, 0) is 17.9 Å². The van der Waals surface area contributed by atoms with Gasteiger partial charge in [0.2, 0.25) is 5.95 Å². The minimum atomic E-state index is -0.433. The van der Waals surface area contributed by atoms with E-state index in [0.29, 0.717) is 27.1 Å². The van der Waals surface area contributed by atoms with E-state index in [4.69, 9.17) is 38.4 Å². The summed E-state index contributed by atoms with van der Waals surface area (Å²) in [5.74, 6) is 0.627. The van der Waals surface area contributed by atoms with Gasteiger partial charge in [-0.3, -0.25) is 4.79 Å². The first kappa shape index (κ1) is 21.3. The van der Waals surface area contributed by atoms with Crippen molar-refractivity contribution in [2.45, 2.75) is 13.2 Å². The summed E-state index contributed by atoms with van der Waals surface area (Å²) in [5, 5.41) is 15.4. The average molecular weight is 450 g/mol. The molecule has 3 aromatic rings. The second kappa shape index (κ2) is 9.90. The van der Waals surface area contributed by atoms with Crippen molar-refractivity contribution in [2.75, 3.05) is 12.8 Å². The molecule has 0 atom stereocenters. The number of benzene rings is 2. The summed E-state index contributed by atoms with van der Waals surface area (Å²) >= 11 is 12.1. The number of hydrogen-bond acceptors (Lipinski definition) is 8. The van der Waals surface area contributed by atoms with Gasteiger partial charge in [0.15, 0.2) is 11.5 Å². The van der Waals surface area contributed by atoms with E-state index >= 15 is 0 Å². The quantitative estimate of drug-likeness (QED) is 0.398. The number of hydrazone groups is 1. The van der Waals surface area contributed by atoms with Gasteiger partial charge in [-0.25, -0.2) is 10.1 Å². The number of ether oxygens (including phenoxy) is 2. The number of nitrogens with zero attached hydrogens (tertiary/aromatic N) is 5. The van der Waals surface area contributed by atoms with Gasteiger partial charge in [-0.15, -0.1) is 0 Å². The van der Waals surface area contributed by atoms with Gasteiger partial charge < -0.3 is 15.2 Å². The van der Waals surface area contributed by atoms with E-state index in [1.165, 1.54) is 13.3 Å². The van der Waals surface area contributed by atoms with Crippen LogP contribution in [0.15, 0.2) is 41.5 Å². The minimum absolute atomic E-state index is 0.0364. The number of amides is 1. The SMILES string of the molecule is COc1cc(C=NNC(=O)Cn2nnnc2N)ccc1OCc1ccc(Cl)cc1Cl. The minimum Gasteiger partial charge on any atom is -0.493 e. The Bertz CT molecular complexity index is 1070. The Morgan fingerprint density at radius 2 is 2.10 bits per heavy atom. The van der Waals surface area contributed by atoms with E-state index in [9.17, 15) is 4.79 Å². The molecule has 156 valence electrons. The maximum Gasteiger partial charge on any atom is 0.261 e. The standard InChI is InChI=1S/C18H17Cl2N7O3/c1-29-16-6-11(8-22-23-17(28)9-27-18(21)24-25-26-27)2-5-15(16)30-10-12-3-4-13(19)7-14(12)20/h2-8H,9-10H2,1H3,(H,23,28)(H2,21,24,26). The van der Waals surface area contributed by atoms with Crippen LogP contribution in [0.2, 0.25) is 10.0 Å². The number of nitrogens with two attached hydrogens (primary N) is 1. The van der Waals surface area contributed by atoms with Crippen molar-refractivity contribution in [1.82, 2.24) is 25.6 Å². The summed E-state index contributed by atoms with van der Waals surface area (Å²) in [4.78, 5) is 11.8. The number of hydrogen-bond donors (Lipinski definition) is 2. The van der Waals surface area contributed by atoms with E-state index in [-0.39, 0.29) is 19.1 Å². The summed E-state index contributed by atoms with van der Waals surface area (Å²) in [6.45, 7) is 0.0929. The van der Waals surface area contributed by atoms with E-state index in [1.807, 2.05) is 0 Å². The van der Waals surface area contributed by atoms with Crippen molar-refractivity contribution in [3.05, 3.63) is 57.6 Å². The highest BCUT2D eigenvalue weighted by Gasteiger charge is 2.09. The van der Waals surface area contributed by atoms with E-state index in [0.717, 1.165) is 10.2 Å². The molecule has 1 amide bonds. The highest BCUT2D eigenvalue weighted by molar-refractivity contribution is 6.35. The molecule has 0 fully saturated rings. The Labute approximate surface area is 181 Å². The van der Waals surface area contributed by atoms with Crippen LogP contribution in [0.4, 0.5) is 5.95 Å². The lowest BCUT2D eigenvalue weighted by Gasteiger charge is -2.12. The zero-order valence-corrected chi connectivity index (χ0v) is 17.3. The van der Waals surface area contributed by atoms with Gasteiger partial charge in [0.25, 0.3) is 5.91 Å². The fourth-order valence-corrected chi connectivity index (χ4v) is 2.82. The summed E-state index contributed by atoms with van der Waals surface area (Å²) < 4.78 is 12.3. The molecule has 0 radical (unpaired) electrons. The van der Waals surface area contributed by atoms with Crippen LogP contribution in [0.3, 0.4) is 0 Å². The molecule has 0 aliphatic carbocycles. The number of carbonyl (C=O) groups excluding carboxylic acids is 1. The van der Waals surface area contributed by atoms with Crippen LogP contribution < -0.4 is 20.6 Å². The zero-order chi connectivity index (χ0) is 21.5. The first-order chi connectivity index (χ1) is 14.5. The van der Waals surface area contributed by atoms with Crippen LogP contribution >= 0.6 is 23.2 Å². The molecule has 0 spiro atoms. The maximum atomic E-state index is 11.8. The second-order valence-electron chi connectivity index (χ2n) is 5.92. The number of nitrogens with one attached hydrogen (secondary N) is 1. The maximum absolute atomic E-state index is 11.8. The second-order valence-corrected chi connectivity index (χ2v) is 6.77. The first-order valence-corrected chi connectivity index (χ1v) is 9.30. The summed E-state index contributed by atoms with van der Waals surface area (Å²) in [6, 6.07) is 10.4. The fraction of sp³-hybridized carbons (Fsp3) is 0.167. The topological polar surface area (TPSA) is 130 Å². The fourth-order valence-electron chi connectivity index (χ4n) is 2.35. The Morgan fingerprint density at radius 3 is 2.80 bits per heavy atom. The van der Waals surface area contributed by atoms with Gasteiger partial charge >= 0.3 is 0 Å². The van der Waals surface area contributed by atoms with Crippen molar-refractivity contribution in [3.8, 4) is 11.5 Å². The van der Waals surface area contributed by atoms with Crippen LogP contribution in [0.5, 0.6) is 11.5 Å². The molecule has 30 heavy (non-hydrogen) atoms. The predicted octanol–water partition coefficient (Wildman–Crippen LogP) is 2.30. The third-order valence-corrected chi connectivity index (χ3v) is 4.43. The third-order valence-electron chi connectivity index (χ3n) is 3.84. The van der Waals surface area contributed by atoms with Crippen molar-refractivity contribution in [1.29, 1.82) is 0 Å². The van der Waals surface area contributed by atoms with Gasteiger partial charge in [0, 0.05) is 15.6 Å². The summed E-state index contributed by atoms with van der Waals surface area (Å²) in [6.07, 6.45) is 1.46. The lowest BCUT2D eigenvalue weighted by Crippen LogP contribution is -2.24. The van der Waals surface area contributed by atoms with Crippen LogP contribution in [-0.4, -0.2) is 39.4 Å². The van der Waals surface area contributed by atoms with Crippen LogP contribution in [0.1, 0.15) is 11.1 Å².